The van der Waals surface area contributed by atoms with Crippen LogP contribution in [0.4, 0.5) is 11.6 Å². The normalized spacial score (nSPS) is 18.0. The number of benzene rings is 1. The van der Waals surface area contributed by atoms with E-state index in [9.17, 15) is 0 Å². The molecule has 4 rings (SSSR count). The van der Waals surface area contributed by atoms with Gasteiger partial charge in [0.2, 0.25) is 0 Å². The zero-order valence-electron chi connectivity index (χ0n) is 13.5. The third-order valence-electron chi connectivity index (χ3n) is 4.67. The zero-order valence-corrected chi connectivity index (χ0v) is 13.5. The highest BCUT2D eigenvalue weighted by Gasteiger charge is 2.19. The maximum Gasteiger partial charge on any atom is 0.134 e. The average Bonchev–Trinajstić information content (AvgIpc) is 2.62. The summed E-state index contributed by atoms with van der Waals surface area (Å²) < 4.78 is 5.42. The minimum absolute atomic E-state index is 0.774. The molecule has 3 heterocycles. The van der Waals surface area contributed by atoms with Crippen LogP contribution in [0.3, 0.4) is 0 Å². The Morgan fingerprint density at radius 1 is 0.913 bits per heavy atom. The molecule has 5 nitrogen and oxygen atoms in total. The molecular weight excluding hydrogens is 288 g/mol. The van der Waals surface area contributed by atoms with E-state index in [1.807, 2.05) is 0 Å². The van der Waals surface area contributed by atoms with Gasteiger partial charge in [-0.1, -0.05) is 23.8 Å². The van der Waals surface area contributed by atoms with Gasteiger partial charge in [-0.15, -0.1) is 0 Å². The Balaban J connectivity index is 1.55. The van der Waals surface area contributed by atoms with E-state index in [1.165, 1.54) is 16.7 Å². The third kappa shape index (κ3) is 3.01. The predicted octanol–water partition coefficient (Wildman–Crippen LogP) is 2.18. The lowest BCUT2D eigenvalue weighted by atomic mass is 9.98. The Morgan fingerprint density at radius 3 is 2.52 bits per heavy atom. The summed E-state index contributed by atoms with van der Waals surface area (Å²) in [5.74, 6) is 2.03. The monoisotopic (exact) mass is 310 g/mol. The quantitative estimate of drug-likeness (QED) is 0.850. The molecule has 2 aliphatic rings. The number of anilines is 2. The number of rotatable bonds is 2. The Morgan fingerprint density at radius 2 is 1.70 bits per heavy atom. The molecule has 0 saturated carbocycles. The fourth-order valence-electron chi connectivity index (χ4n) is 3.35. The Labute approximate surface area is 136 Å². The van der Waals surface area contributed by atoms with Crippen molar-refractivity contribution in [2.45, 2.75) is 19.9 Å². The first-order valence-electron chi connectivity index (χ1n) is 8.28. The number of aromatic nitrogens is 2. The maximum absolute atomic E-state index is 5.42. The molecule has 1 saturated heterocycles. The van der Waals surface area contributed by atoms with Crippen LogP contribution < -0.4 is 9.80 Å². The van der Waals surface area contributed by atoms with E-state index in [4.69, 9.17) is 4.74 Å². The summed E-state index contributed by atoms with van der Waals surface area (Å²) in [5, 5.41) is 0. The number of hydrogen-bond donors (Lipinski definition) is 0. The fraction of sp³-hybridized carbons (Fsp3) is 0.444. The summed E-state index contributed by atoms with van der Waals surface area (Å²) >= 11 is 0. The number of morpholine rings is 1. The van der Waals surface area contributed by atoms with Crippen molar-refractivity contribution in [2.24, 2.45) is 0 Å². The standard InChI is InChI=1S/C18H22N4O/c1-14-2-3-16-12-22(5-4-15(16)10-14)18-11-17(19-13-20-18)21-6-8-23-9-7-21/h2-3,10-11,13H,4-9,12H2,1H3. The molecule has 0 amide bonds. The molecular formula is C18H22N4O. The van der Waals surface area contributed by atoms with Crippen LogP contribution in [0, 0.1) is 6.92 Å². The highest BCUT2D eigenvalue weighted by Crippen LogP contribution is 2.25. The second-order valence-corrected chi connectivity index (χ2v) is 6.28. The molecule has 0 atom stereocenters. The van der Waals surface area contributed by atoms with Crippen LogP contribution in [-0.4, -0.2) is 42.8 Å². The van der Waals surface area contributed by atoms with Gasteiger partial charge < -0.3 is 14.5 Å². The van der Waals surface area contributed by atoms with Gasteiger partial charge in [-0.2, -0.15) is 0 Å². The highest BCUT2D eigenvalue weighted by atomic mass is 16.5. The second kappa shape index (κ2) is 6.16. The van der Waals surface area contributed by atoms with E-state index >= 15 is 0 Å². The third-order valence-corrected chi connectivity index (χ3v) is 4.67. The Bertz CT molecular complexity index is 697. The lowest BCUT2D eigenvalue weighted by Gasteiger charge is -2.32. The van der Waals surface area contributed by atoms with E-state index in [-0.39, 0.29) is 0 Å². The number of ether oxygens (including phenoxy) is 1. The molecule has 120 valence electrons. The summed E-state index contributed by atoms with van der Waals surface area (Å²) in [5.41, 5.74) is 4.23. The minimum Gasteiger partial charge on any atom is -0.378 e. The molecule has 0 aliphatic carbocycles. The highest BCUT2D eigenvalue weighted by molar-refractivity contribution is 5.52. The van der Waals surface area contributed by atoms with Crippen molar-refractivity contribution >= 4 is 11.6 Å². The maximum atomic E-state index is 5.42. The number of nitrogens with zero attached hydrogens (tertiary/aromatic N) is 4. The smallest absolute Gasteiger partial charge is 0.134 e. The molecule has 23 heavy (non-hydrogen) atoms. The van der Waals surface area contributed by atoms with Crippen molar-refractivity contribution in [3.63, 3.8) is 0 Å². The SMILES string of the molecule is Cc1ccc2c(c1)CCN(c1cc(N3CCOCC3)ncn1)C2. The first-order valence-corrected chi connectivity index (χ1v) is 8.28. The number of hydrogen-bond acceptors (Lipinski definition) is 5. The predicted molar refractivity (Wildman–Crippen MR) is 91.0 cm³/mol. The lowest BCUT2D eigenvalue weighted by molar-refractivity contribution is 0.122. The van der Waals surface area contributed by atoms with Gasteiger partial charge in [-0.3, -0.25) is 0 Å². The largest absolute Gasteiger partial charge is 0.378 e. The first-order chi connectivity index (χ1) is 11.3. The molecule has 0 bridgehead atoms. The van der Waals surface area contributed by atoms with Gasteiger partial charge >= 0.3 is 0 Å². The molecule has 0 N–H and O–H groups in total. The Hall–Kier alpha value is -2.14. The van der Waals surface area contributed by atoms with E-state index in [0.29, 0.717) is 0 Å². The van der Waals surface area contributed by atoms with Crippen LogP contribution in [0.25, 0.3) is 0 Å². The van der Waals surface area contributed by atoms with Crippen LogP contribution in [0.5, 0.6) is 0 Å². The van der Waals surface area contributed by atoms with Crippen molar-refractivity contribution in [1.29, 1.82) is 0 Å². The summed E-state index contributed by atoms with van der Waals surface area (Å²) in [6.45, 7) is 7.44. The fourth-order valence-corrected chi connectivity index (χ4v) is 3.35. The second-order valence-electron chi connectivity index (χ2n) is 6.28. The van der Waals surface area contributed by atoms with Gasteiger partial charge in [-0.05, 0) is 24.5 Å². The summed E-state index contributed by atoms with van der Waals surface area (Å²) in [7, 11) is 0. The Kier molecular flexibility index (Phi) is 3.87. The molecule has 1 aromatic heterocycles. The van der Waals surface area contributed by atoms with E-state index in [1.54, 1.807) is 6.33 Å². The van der Waals surface area contributed by atoms with Crippen molar-refractivity contribution in [1.82, 2.24) is 9.97 Å². The molecule has 1 aromatic carbocycles. The number of fused-ring (bicyclic) bond motifs is 1. The molecule has 0 radical (unpaired) electrons. The summed E-state index contributed by atoms with van der Waals surface area (Å²) in [6.07, 6.45) is 2.76. The topological polar surface area (TPSA) is 41.5 Å². The van der Waals surface area contributed by atoms with Gasteiger partial charge in [0, 0.05) is 32.2 Å². The van der Waals surface area contributed by atoms with Crippen LogP contribution in [0.2, 0.25) is 0 Å². The molecule has 1 fully saturated rings. The van der Waals surface area contributed by atoms with Crippen molar-refractivity contribution < 1.29 is 4.74 Å². The van der Waals surface area contributed by atoms with E-state index in [2.05, 4.69) is 51.0 Å². The van der Waals surface area contributed by atoms with Crippen molar-refractivity contribution in [2.75, 3.05) is 42.6 Å². The molecule has 0 spiro atoms. The van der Waals surface area contributed by atoms with Gasteiger partial charge in [0.15, 0.2) is 0 Å². The van der Waals surface area contributed by atoms with Crippen LogP contribution in [-0.2, 0) is 17.7 Å². The molecule has 2 aliphatic heterocycles. The molecule has 0 unspecified atom stereocenters. The summed E-state index contributed by atoms with van der Waals surface area (Å²) in [4.78, 5) is 13.6. The number of aryl methyl sites for hydroxylation is 1. The zero-order chi connectivity index (χ0) is 15.6. The van der Waals surface area contributed by atoms with Crippen molar-refractivity contribution in [3.05, 3.63) is 47.3 Å². The van der Waals surface area contributed by atoms with Crippen LogP contribution in [0.1, 0.15) is 16.7 Å². The van der Waals surface area contributed by atoms with Gasteiger partial charge in [-0.25, -0.2) is 9.97 Å². The van der Waals surface area contributed by atoms with Crippen LogP contribution >= 0.6 is 0 Å². The van der Waals surface area contributed by atoms with E-state index < -0.39 is 0 Å². The van der Waals surface area contributed by atoms with Crippen LogP contribution in [0.15, 0.2) is 30.6 Å². The van der Waals surface area contributed by atoms with Gasteiger partial charge in [0.25, 0.3) is 0 Å². The first kappa shape index (κ1) is 14.5. The minimum atomic E-state index is 0.774. The molecule has 5 heteroatoms. The molecule has 2 aromatic rings. The van der Waals surface area contributed by atoms with E-state index in [0.717, 1.165) is 57.4 Å². The lowest BCUT2D eigenvalue weighted by Crippen LogP contribution is -2.37. The van der Waals surface area contributed by atoms with Crippen molar-refractivity contribution in [3.8, 4) is 0 Å². The average molecular weight is 310 g/mol. The summed E-state index contributed by atoms with van der Waals surface area (Å²) in [6, 6.07) is 8.87. The van der Waals surface area contributed by atoms with Gasteiger partial charge in [0.05, 0.1) is 13.2 Å². The van der Waals surface area contributed by atoms with Gasteiger partial charge in [0.1, 0.15) is 18.0 Å².